The number of carbonyl (C=O) groups excluding carboxylic acids is 1. The minimum atomic E-state index is -1.05. The van der Waals surface area contributed by atoms with Gasteiger partial charge in [-0.15, -0.1) is 0 Å². The van der Waals surface area contributed by atoms with Crippen molar-refractivity contribution in [2.24, 2.45) is 11.8 Å². The monoisotopic (exact) mass is 484 g/mol. The molecule has 0 aromatic heterocycles. The lowest BCUT2D eigenvalue weighted by Gasteiger charge is -2.37. The Labute approximate surface area is 203 Å². The predicted octanol–water partition coefficient (Wildman–Crippen LogP) is 3.38. The van der Waals surface area contributed by atoms with Gasteiger partial charge in [-0.05, 0) is 45.4 Å². The third-order valence-electron chi connectivity index (χ3n) is 6.29. The van der Waals surface area contributed by atoms with Gasteiger partial charge in [-0.3, -0.25) is 4.79 Å². The van der Waals surface area contributed by atoms with Gasteiger partial charge in [0.05, 0.1) is 31.5 Å². The first-order valence-corrected chi connectivity index (χ1v) is 12.5. The Morgan fingerprint density at radius 3 is 2.35 bits per heavy atom. The summed E-state index contributed by atoms with van der Waals surface area (Å²) in [5.74, 6) is -1.40. The van der Waals surface area contributed by atoms with Crippen LogP contribution in [0, 0.1) is 11.8 Å². The van der Waals surface area contributed by atoms with Gasteiger partial charge < -0.3 is 29.9 Å². The normalized spacial score (nSPS) is 25.3. The molecule has 1 aliphatic heterocycles. The number of unbranched alkanes of at least 4 members (excludes halogenated alkanes) is 5. The zero-order valence-corrected chi connectivity index (χ0v) is 20.9. The summed E-state index contributed by atoms with van der Waals surface area (Å²) in [5, 5.41) is 39.1. The summed E-state index contributed by atoms with van der Waals surface area (Å²) in [6.07, 6.45) is 8.56. The number of hydrogen-bond donors (Lipinski definition) is 4. The van der Waals surface area contributed by atoms with Crippen LogP contribution in [0.15, 0.2) is 23.8 Å². The molecule has 0 aromatic carbocycles. The van der Waals surface area contributed by atoms with Gasteiger partial charge >= 0.3 is 11.9 Å². The van der Waals surface area contributed by atoms with Crippen molar-refractivity contribution in [2.75, 3.05) is 13.2 Å². The highest BCUT2D eigenvalue weighted by molar-refractivity contribution is 5.82. The van der Waals surface area contributed by atoms with Crippen LogP contribution in [0.1, 0.15) is 78.6 Å². The number of esters is 1. The van der Waals surface area contributed by atoms with Crippen LogP contribution in [-0.2, 0) is 19.1 Å². The first kappa shape index (κ1) is 30.3. The Balaban J connectivity index is 2.28. The maximum Gasteiger partial charge on any atom is 0.330 e. The van der Waals surface area contributed by atoms with E-state index in [1.54, 1.807) is 13.8 Å². The van der Waals surface area contributed by atoms with Gasteiger partial charge in [0.1, 0.15) is 6.10 Å². The molecule has 8 nitrogen and oxygen atoms in total. The summed E-state index contributed by atoms with van der Waals surface area (Å²) in [7, 11) is 0. The van der Waals surface area contributed by atoms with Crippen molar-refractivity contribution in [3.8, 4) is 0 Å². The summed E-state index contributed by atoms with van der Waals surface area (Å²) in [4.78, 5) is 22.5. The Morgan fingerprint density at radius 2 is 1.71 bits per heavy atom. The van der Waals surface area contributed by atoms with Crippen LogP contribution < -0.4 is 0 Å². The number of carboxylic acids is 1. The highest BCUT2D eigenvalue weighted by Crippen LogP contribution is 2.27. The molecular weight excluding hydrogens is 440 g/mol. The van der Waals surface area contributed by atoms with Crippen molar-refractivity contribution >= 4 is 11.9 Å². The molecule has 34 heavy (non-hydrogen) atoms. The minimum absolute atomic E-state index is 0.0160. The van der Waals surface area contributed by atoms with Crippen LogP contribution in [0.4, 0.5) is 0 Å². The highest BCUT2D eigenvalue weighted by atomic mass is 16.5. The number of aliphatic hydroxyl groups excluding tert-OH is 3. The zero-order chi connectivity index (χ0) is 25.5. The largest absolute Gasteiger partial charge is 0.481 e. The lowest BCUT2D eigenvalue weighted by molar-refractivity contribution is -0.162. The average Bonchev–Trinajstić information content (AvgIpc) is 2.76. The molecule has 4 N–H and O–H groups in total. The molecule has 0 bridgehead atoms. The summed E-state index contributed by atoms with van der Waals surface area (Å²) in [6, 6.07) is 0. The molecule has 1 saturated heterocycles. The molecule has 0 amide bonds. The third kappa shape index (κ3) is 12.6. The summed E-state index contributed by atoms with van der Waals surface area (Å²) >= 11 is 0. The van der Waals surface area contributed by atoms with Crippen LogP contribution in [0.5, 0.6) is 0 Å². The number of aliphatic carboxylic acids is 1. The molecule has 0 aliphatic carbocycles. The van der Waals surface area contributed by atoms with Crippen molar-refractivity contribution in [3.05, 3.63) is 23.8 Å². The molecule has 1 heterocycles. The molecule has 1 aliphatic rings. The van der Waals surface area contributed by atoms with Crippen molar-refractivity contribution in [2.45, 2.75) is 103 Å². The Morgan fingerprint density at radius 1 is 1.06 bits per heavy atom. The van der Waals surface area contributed by atoms with E-state index in [4.69, 9.17) is 14.6 Å². The Bertz CT molecular complexity index is 657. The average molecular weight is 485 g/mol. The van der Waals surface area contributed by atoms with E-state index in [1.807, 2.05) is 19.1 Å². The lowest BCUT2D eigenvalue weighted by atomic mass is 9.87. The second-order valence-corrected chi connectivity index (χ2v) is 9.50. The Hall–Kier alpha value is -1.74. The van der Waals surface area contributed by atoms with E-state index in [0.29, 0.717) is 38.0 Å². The van der Waals surface area contributed by atoms with Crippen LogP contribution in [0.25, 0.3) is 0 Å². The number of allylic oxidation sites excluding steroid dienone is 1. The van der Waals surface area contributed by atoms with E-state index >= 15 is 0 Å². The molecule has 1 fully saturated rings. The first-order chi connectivity index (χ1) is 16.1. The van der Waals surface area contributed by atoms with Gasteiger partial charge in [0.2, 0.25) is 0 Å². The summed E-state index contributed by atoms with van der Waals surface area (Å²) in [6.45, 7) is 6.05. The molecule has 6 atom stereocenters. The number of carbonyl (C=O) groups is 2. The summed E-state index contributed by atoms with van der Waals surface area (Å²) in [5.41, 5.74) is 0.712. The zero-order valence-electron chi connectivity index (χ0n) is 20.9. The van der Waals surface area contributed by atoms with E-state index in [-0.39, 0.29) is 18.3 Å². The van der Waals surface area contributed by atoms with Crippen molar-refractivity contribution in [3.63, 3.8) is 0 Å². The number of hydrogen-bond acceptors (Lipinski definition) is 7. The van der Waals surface area contributed by atoms with Gasteiger partial charge in [-0.1, -0.05) is 50.3 Å². The van der Waals surface area contributed by atoms with Crippen molar-refractivity contribution in [1.29, 1.82) is 0 Å². The maximum absolute atomic E-state index is 12.0. The molecule has 1 rings (SSSR count). The van der Waals surface area contributed by atoms with Gasteiger partial charge in [0, 0.05) is 18.4 Å². The minimum Gasteiger partial charge on any atom is -0.481 e. The molecule has 1 unspecified atom stereocenters. The number of aliphatic hydroxyl groups is 3. The van der Waals surface area contributed by atoms with Crippen LogP contribution >= 0.6 is 0 Å². The smallest absolute Gasteiger partial charge is 0.330 e. The summed E-state index contributed by atoms with van der Waals surface area (Å²) < 4.78 is 11.0. The predicted molar refractivity (Wildman–Crippen MR) is 129 cm³/mol. The standard InChI is InChI=1S/C26H44O8/c1-18(16-24(30)33-14-9-7-5-4-6-8-13-23(28)29)15-22-26(32)25(31)21(17-34-22)12-10-11-19(2)20(3)27/h10-11,16,19-22,25-27,31-32H,4-9,12-15,17H2,1-3H3,(H,28,29)/t19-,20+,21?,22+,25-,26+/m1/s1. The van der Waals surface area contributed by atoms with Gasteiger partial charge in [0.15, 0.2) is 0 Å². The number of carboxylic acid groups (broad SMARTS) is 1. The highest BCUT2D eigenvalue weighted by Gasteiger charge is 2.37. The number of rotatable bonds is 16. The topological polar surface area (TPSA) is 134 Å². The SMILES string of the molecule is CC(=CC(=O)OCCCCCCCCC(=O)O)C[C@@H]1OCC(CC=C[C@@H](C)[C@H](C)O)[C@@H](O)[C@H]1O. The molecular formula is C26H44O8. The quantitative estimate of drug-likeness (QED) is 0.113. The van der Waals surface area contributed by atoms with Crippen molar-refractivity contribution < 1.29 is 39.5 Å². The second-order valence-electron chi connectivity index (χ2n) is 9.50. The van der Waals surface area contributed by atoms with E-state index in [1.165, 1.54) is 6.08 Å². The molecule has 0 aromatic rings. The molecule has 0 radical (unpaired) electrons. The van der Waals surface area contributed by atoms with E-state index in [0.717, 1.165) is 32.1 Å². The van der Waals surface area contributed by atoms with Gasteiger partial charge in [0.25, 0.3) is 0 Å². The lowest BCUT2D eigenvalue weighted by Crippen LogP contribution is -2.50. The molecule has 0 spiro atoms. The fourth-order valence-electron chi connectivity index (χ4n) is 3.84. The molecule has 8 heteroatoms. The van der Waals surface area contributed by atoms with E-state index in [9.17, 15) is 24.9 Å². The van der Waals surface area contributed by atoms with Crippen LogP contribution in [0.2, 0.25) is 0 Å². The Kier molecular flexibility index (Phi) is 15.0. The third-order valence-corrected chi connectivity index (χ3v) is 6.29. The maximum atomic E-state index is 12.0. The van der Waals surface area contributed by atoms with Crippen LogP contribution in [-0.4, -0.2) is 70.0 Å². The first-order valence-electron chi connectivity index (χ1n) is 12.5. The van der Waals surface area contributed by atoms with Crippen molar-refractivity contribution in [1.82, 2.24) is 0 Å². The number of ether oxygens (including phenoxy) is 2. The van der Waals surface area contributed by atoms with Gasteiger partial charge in [-0.2, -0.15) is 0 Å². The fraction of sp³-hybridized carbons (Fsp3) is 0.769. The van der Waals surface area contributed by atoms with Gasteiger partial charge in [-0.25, -0.2) is 4.79 Å². The van der Waals surface area contributed by atoms with E-state index < -0.39 is 36.4 Å². The van der Waals surface area contributed by atoms with Crippen LogP contribution in [0.3, 0.4) is 0 Å². The second kappa shape index (κ2) is 16.8. The van der Waals surface area contributed by atoms with E-state index in [2.05, 4.69) is 0 Å². The molecule has 0 saturated carbocycles. The molecule has 196 valence electrons. The fourth-order valence-corrected chi connectivity index (χ4v) is 3.84.